The first-order valence-corrected chi connectivity index (χ1v) is 6.94. The number of ketones is 1. The molecule has 1 aliphatic carbocycles. The average molecular weight is 265 g/mol. The Labute approximate surface area is 117 Å². The van der Waals surface area contributed by atoms with Gasteiger partial charge in [-0.05, 0) is 23.3 Å². The summed E-state index contributed by atoms with van der Waals surface area (Å²) in [6.07, 6.45) is 0.875. The smallest absolute Gasteiger partial charge is 0.221 e. The highest BCUT2D eigenvalue weighted by atomic mass is 16.2. The first-order valence-electron chi connectivity index (χ1n) is 6.94. The molecule has 2 aromatic carbocycles. The maximum Gasteiger partial charge on any atom is 0.221 e. The fourth-order valence-electron chi connectivity index (χ4n) is 3.80. The molecule has 100 valence electrons. The zero-order valence-corrected chi connectivity index (χ0v) is 11.3. The monoisotopic (exact) mass is 265 g/mol. The molecule has 4 rings (SSSR count). The molecule has 1 heterocycles. The van der Waals surface area contributed by atoms with E-state index in [1.807, 2.05) is 37.3 Å². The van der Waals surface area contributed by atoms with E-state index < -0.39 is 5.54 Å². The fourth-order valence-corrected chi connectivity index (χ4v) is 3.80. The van der Waals surface area contributed by atoms with Crippen LogP contribution >= 0.6 is 0 Å². The van der Waals surface area contributed by atoms with Gasteiger partial charge in [0.05, 0.1) is 5.54 Å². The molecule has 1 fully saturated rings. The number of amides is 1. The van der Waals surface area contributed by atoms with Gasteiger partial charge in [-0.3, -0.25) is 9.59 Å². The number of fused-ring (bicyclic) bond motifs is 5. The highest BCUT2D eigenvalue weighted by molar-refractivity contribution is 6.11. The lowest BCUT2D eigenvalue weighted by atomic mass is 9.70. The molecule has 1 amide bonds. The van der Waals surface area contributed by atoms with E-state index in [-0.39, 0.29) is 17.6 Å². The molecule has 2 aromatic rings. The molecule has 1 saturated heterocycles. The molecule has 0 spiro atoms. The van der Waals surface area contributed by atoms with Gasteiger partial charge in [0.15, 0.2) is 5.78 Å². The van der Waals surface area contributed by atoms with Crippen molar-refractivity contribution in [1.29, 1.82) is 0 Å². The summed E-state index contributed by atoms with van der Waals surface area (Å²) in [4.78, 5) is 24.4. The van der Waals surface area contributed by atoms with Gasteiger partial charge < -0.3 is 5.32 Å². The molecular weight excluding hydrogens is 250 g/mol. The molecule has 2 unspecified atom stereocenters. The molecule has 1 aliphatic heterocycles. The molecule has 3 nitrogen and oxygen atoms in total. The predicted molar refractivity (Wildman–Crippen MR) is 76.8 cm³/mol. The summed E-state index contributed by atoms with van der Waals surface area (Å²) in [5, 5.41) is 5.09. The van der Waals surface area contributed by atoms with Crippen LogP contribution in [-0.4, -0.2) is 17.2 Å². The van der Waals surface area contributed by atoms with Crippen molar-refractivity contribution in [2.24, 2.45) is 0 Å². The van der Waals surface area contributed by atoms with Crippen molar-refractivity contribution in [1.82, 2.24) is 5.32 Å². The lowest BCUT2D eigenvalue weighted by Gasteiger charge is -2.36. The quantitative estimate of drug-likeness (QED) is 0.796. The Hall–Kier alpha value is -2.16. The number of carbonyl (C=O) groups excluding carboxylic acids is 2. The van der Waals surface area contributed by atoms with Crippen LogP contribution in [0.25, 0.3) is 10.8 Å². The lowest BCUT2D eigenvalue weighted by molar-refractivity contribution is -0.119. The lowest BCUT2D eigenvalue weighted by Crippen LogP contribution is -2.46. The number of rotatable bonds is 0. The van der Waals surface area contributed by atoms with Crippen molar-refractivity contribution in [2.45, 2.75) is 31.2 Å². The van der Waals surface area contributed by atoms with Crippen molar-refractivity contribution in [2.75, 3.05) is 0 Å². The number of hydrogen-bond acceptors (Lipinski definition) is 2. The second-order valence-electron chi connectivity index (χ2n) is 6.07. The topological polar surface area (TPSA) is 46.2 Å². The molecule has 0 aromatic heterocycles. The van der Waals surface area contributed by atoms with Gasteiger partial charge in [-0.2, -0.15) is 0 Å². The third kappa shape index (κ3) is 1.40. The molecule has 0 saturated carbocycles. The molecular formula is C17H15NO2. The summed E-state index contributed by atoms with van der Waals surface area (Å²) in [5.74, 6) is 0.288. The molecule has 2 atom stereocenters. The van der Waals surface area contributed by atoms with E-state index in [1.165, 1.54) is 0 Å². The second-order valence-corrected chi connectivity index (χ2v) is 6.07. The standard InChI is InChI=1S/C17H15NO2/c1-17-9-14(19)16-11-5-3-2-4-10(11)6-7-12(16)13(17)8-15(20)18-17/h2-7,13H,8-9H2,1H3,(H,18,20). The van der Waals surface area contributed by atoms with Crippen molar-refractivity contribution in [3.63, 3.8) is 0 Å². The predicted octanol–water partition coefficient (Wildman–Crippen LogP) is 2.79. The zero-order chi connectivity index (χ0) is 13.9. The number of Topliss-reactive ketones (excluding diaryl/α,β-unsaturated/α-hetero) is 1. The summed E-state index contributed by atoms with van der Waals surface area (Å²) in [5.41, 5.74) is 1.44. The molecule has 3 heteroatoms. The van der Waals surface area contributed by atoms with Gasteiger partial charge in [0.2, 0.25) is 5.91 Å². The largest absolute Gasteiger partial charge is 0.350 e. The Kier molecular flexibility index (Phi) is 2.15. The second kappa shape index (κ2) is 3.69. The van der Waals surface area contributed by atoms with Gasteiger partial charge in [0.25, 0.3) is 0 Å². The number of carbonyl (C=O) groups is 2. The van der Waals surface area contributed by atoms with Crippen LogP contribution in [0.2, 0.25) is 0 Å². The minimum atomic E-state index is -0.413. The van der Waals surface area contributed by atoms with E-state index >= 15 is 0 Å². The Morgan fingerprint density at radius 3 is 2.80 bits per heavy atom. The van der Waals surface area contributed by atoms with Gasteiger partial charge in [-0.1, -0.05) is 36.4 Å². The summed E-state index contributed by atoms with van der Waals surface area (Å²) in [6.45, 7) is 1.98. The van der Waals surface area contributed by atoms with E-state index in [2.05, 4.69) is 11.4 Å². The normalized spacial score (nSPS) is 28.1. The van der Waals surface area contributed by atoms with E-state index in [9.17, 15) is 9.59 Å². The number of benzene rings is 2. The van der Waals surface area contributed by atoms with Gasteiger partial charge >= 0.3 is 0 Å². The van der Waals surface area contributed by atoms with Crippen LogP contribution in [0, 0.1) is 0 Å². The van der Waals surface area contributed by atoms with Crippen molar-refractivity contribution >= 4 is 22.5 Å². The first kappa shape index (κ1) is 11.6. The Morgan fingerprint density at radius 1 is 1.15 bits per heavy atom. The van der Waals surface area contributed by atoms with Crippen LogP contribution in [-0.2, 0) is 4.79 Å². The summed E-state index contributed by atoms with van der Waals surface area (Å²) < 4.78 is 0. The molecule has 20 heavy (non-hydrogen) atoms. The van der Waals surface area contributed by atoms with E-state index in [0.29, 0.717) is 12.8 Å². The third-order valence-electron chi connectivity index (χ3n) is 4.73. The minimum Gasteiger partial charge on any atom is -0.350 e. The van der Waals surface area contributed by atoms with Crippen molar-refractivity contribution in [3.05, 3.63) is 47.5 Å². The summed E-state index contributed by atoms with van der Waals surface area (Å²) in [7, 11) is 0. The molecule has 2 aliphatic rings. The molecule has 0 radical (unpaired) electrons. The Bertz CT molecular complexity index is 765. The Morgan fingerprint density at radius 2 is 1.95 bits per heavy atom. The minimum absolute atomic E-state index is 0.0475. The summed E-state index contributed by atoms with van der Waals surface area (Å²) in [6, 6.07) is 12.0. The highest BCUT2D eigenvalue weighted by Crippen LogP contribution is 2.46. The number of nitrogens with one attached hydrogen (secondary N) is 1. The maximum atomic E-state index is 12.6. The van der Waals surface area contributed by atoms with Crippen LogP contribution in [0.3, 0.4) is 0 Å². The van der Waals surface area contributed by atoms with Gasteiger partial charge in [-0.15, -0.1) is 0 Å². The van der Waals surface area contributed by atoms with Gasteiger partial charge in [-0.25, -0.2) is 0 Å². The highest BCUT2D eigenvalue weighted by Gasteiger charge is 2.49. The van der Waals surface area contributed by atoms with Crippen LogP contribution in [0.1, 0.15) is 41.6 Å². The average Bonchev–Trinajstić information content (AvgIpc) is 2.72. The first-order chi connectivity index (χ1) is 9.58. The Balaban J connectivity index is 2.03. The van der Waals surface area contributed by atoms with E-state index in [4.69, 9.17) is 0 Å². The SMILES string of the molecule is CC12CC(=O)c3c(ccc4ccccc34)C1CC(=O)N2. The van der Waals surface area contributed by atoms with Crippen LogP contribution in [0.4, 0.5) is 0 Å². The van der Waals surface area contributed by atoms with Crippen molar-refractivity contribution < 1.29 is 9.59 Å². The molecule has 0 bridgehead atoms. The maximum absolute atomic E-state index is 12.6. The van der Waals surface area contributed by atoms with Crippen LogP contribution < -0.4 is 5.32 Å². The summed E-state index contributed by atoms with van der Waals surface area (Å²) >= 11 is 0. The van der Waals surface area contributed by atoms with Crippen molar-refractivity contribution in [3.8, 4) is 0 Å². The van der Waals surface area contributed by atoms with Gasteiger partial charge in [0, 0.05) is 24.3 Å². The molecule has 1 N–H and O–H groups in total. The zero-order valence-electron chi connectivity index (χ0n) is 11.3. The third-order valence-corrected chi connectivity index (χ3v) is 4.73. The van der Waals surface area contributed by atoms with E-state index in [0.717, 1.165) is 21.9 Å². The number of hydrogen-bond donors (Lipinski definition) is 1. The van der Waals surface area contributed by atoms with Gasteiger partial charge in [0.1, 0.15) is 0 Å². The van der Waals surface area contributed by atoms with E-state index in [1.54, 1.807) is 0 Å². The van der Waals surface area contributed by atoms with Crippen LogP contribution in [0.5, 0.6) is 0 Å². The van der Waals surface area contributed by atoms with Crippen LogP contribution in [0.15, 0.2) is 36.4 Å². The fraction of sp³-hybridized carbons (Fsp3) is 0.294.